The SMILES string of the molecule is CCCCCCCCC/C=C/CC/C=C/[C@@H](O)[C@H](COP(=O)([O-])OCC[N+](C)(C)C)NC(=O)CCCCCCCCCCCCCCCC. The lowest BCUT2D eigenvalue weighted by molar-refractivity contribution is -0.870. The van der Waals surface area contributed by atoms with E-state index in [9.17, 15) is 19.4 Å². The second-order valence-electron chi connectivity index (χ2n) is 15.0. The van der Waals surface area contributed by atoms with Gasteiger partial charge in [0.2, 0.25) is 5.91 Å². The molecule has 0 aromatic rings. The summed E-state index contributed by atoms with van der Waals surface area (Å²) < 4.78 is 23.1. The van der Waals surface area contributed by atoms with Crippen LogP contribution in [0.25, 0.3) is 0 Å². The van der Waals surface area contributed by atoms with E-state index in [-0.39, 0.29) is 19.1 Å². The Bertz CT molecular complexity index is 860. The summed E-state index contributed by atoms with van der Waals surface area (Å²) in [6.07, 6.45) is 36.4. The summed E-state index contributed by atoms with van der Waals surface area (Å²) in [5, 5.41) is 13.7. The Morgan fingerprint density at radius 2 is 1.14 bits per heavy atom. The molecule has 0 aliphatic rings. The molecule has 0 aliphatic heterocycles. The number of phosphoric ester groups is 1. The Balaban J connectivity index is 4.54. The maximum absolute atomic E-state index is 12.8. The molecule has 0 fully saturated rings. The molecular weight excluding hydrogens is 635 g/mol. The zero-order valence-corrected chi connectivity index (χ0v) is 33.5. The highest BCUT2D eigenvalue weighted by atomic mass is 31.2. The van der Waals surface area contributed by atoms with Crippen molar-refractivity contribution in [3.8, 4) is 0 Å². The van der Waals surface area contributed by atoms with Crippen molar-refractivity contribution < 1.29 is 32.9 Å². The van der Waals surface area contributed by atoms with Crippen molar-refractivity contribution in [3.05, 3.63) is 24.3 Å². The summed E-state index contributed by atoms with van der Waals surface area (Å²) in [4.78, 5) is 25.2. The molecule has 0 bridgehead atoms. The molecule has 1 unspecified atom stereocenters. The molecule has 290 valence electrons. The second-order valence-corrected chi connectivity index (χ2v) is 16.4. The number of hydrogen-bond acceptors (Lipinski definition) is 6. The number of amides is 1. The first-order valence-electron chi connectivity index (χ1n) is 20.2. The first kappa shape index (κ1) is 48.0. The van der Waals surface area contributed by atoms with Gasteiger partial charge in [0.15, 0.2) is 0 Å². The zero-order valence-electron chi connectivity index (χ0n) is 32.6. The highest BCUT2D eigenvalue weighted by molar-refractivity contribution is 7.45. The van der Waals surface area contributed by atoms with Crippen LogP contribution in [0.2, 0.25) is 0 Å². The maximum Gasteiger partial charge on any atom is 0.268 e. The highest BCUT2D eigenvalue weighted by Gasteiger charge is 2.23. The monoisotopic (exact) mass is 715 g/mol. The van der Waals surface area contributed by atoms with E-state index in [0.29, 0.717) is 17.4 Å². The van der Waals surface area contributed by atoms with Gasteiger partial charge in [-0.3, -0.25) is 9.36 Å². The van der Waals surface area contributed by atoms with Gasteiger partial charge in [-0.25, -0.2) is 0 Å². The van der Waals surface area contributed by atoms with Crippen molar-refractivity contribution in [2.75, 3.05) is 40.9 Å². The topological polar surface area (TPSA) is 108 Å². The van der Waals surface area contributed by atoms with E-state index in [4.69, 9.17) is 9.05 Å². The molecule has 0 saturated carbocycles. The van der Waals surface area contributed by atoms with Crippen LogP contribution < -0.4 is 10.2 Å². The first-order chi connectivity index (χ1) is 23.5. The van der Waals surface area contributed by atoms with Crippen LogP contribution in [0.15, 0.2) is 24.3 Å². The average Bonchev–Trinajstić information content (AvgIpc) is 3.04. The van der Waals surface area contributed by atoms with E-state index in [1.165, 1.54) is 116 Å². The van der Waals surface area contributed by atoms with Gasteiger partial charge in [-0.05, 0) is 32.1 Å². The summed E-state index contributed by atoms with van der Waals surface area (Å²) in [5.74, 6) is -0.208. The van der Waals surface area contributed by atoms with Crippen LogP contribution in [0.5, 0.6) is 0 Å². The van der Waals surface area contributed by atoms with Gasteiger partial charge in [-0.2, -0.15) is 0 Å². The molecule has 8 nitrogen and oxygen atoms in total. The maximum atomic E-state index is 12.8. The lowest BCUT2D eigenvalue weighted by Gasteiger charge is -2.29. The van der Waals surface area contributed by atoms with Crippen LogP contribution >= 0.6 is 7.82 Å². The Hall–Kier alpha value is -1.02. The molecule has 0 aliphatic carbocycles. The summed E-state index contributed by atoms with van der Waals surface area (Å²) in [6, 6.07) is -0.896. The fraction of sp³-hybridized carbons (Fsp3) is 0.875. The summed E-state index contributed by atoms with van der Waals surface area (Å²) >= 11 is 0. The Morgan fingerprint density at radius 3 is 1.65 bits per heavy atom. The van der Waals surface area contributed by atoms with Crippen LogP contribution in [0.3, 0.4) is 0 Å². The van der Waals surface area contributed by atoms with Gasteiger partial charge in [-0.15, -0.1) is 0 Å². The molecule has 9 heteroatoms. The number of quaternary nitrogens is 1. The lowest BCUT2D eigenvalue weighted by Crippen LogP contribution is -2.45. The number of likely N-dealkylation sites (N-methyl/N-ethyl adjacent to an activating group) is 1. The van der Waals surface area contributed by atoms with E-state index in [2.05, 4.69) is 31.3 Å². The van der Waals surface area contributed by atoms with Gasteiger partial charge in [-0.1, -0.05) is 160 Å². The van der Waals surface area contributed by atoms with E-state index >= 15 is 0 Å². The summed E-state index contributed by atoms with van der Waals surface area (Å²) in [7, 11) is 1.25. The minimum Gasteiger partial charge on any atom is -0.756 e. The number of phosphoric acid groups is 1. The molecular formula is C40H79N2O6P. The number of rotatable bonds is 36. The van der Waals surface area contributed by atoms with Gasteiger partial charge in [0, 0.05) is 6.42 Å². The molecule has 0 aromatic carbocycles. The third kappa shape index (κ3) is 35.2. The van der Waals surface area contributed by atoms with Crippen molar-refractivity contribution in [1.29, 1.82) is 0 Å². The predicted octanol–water partition coefficient (Wildman–Crippen LogP) is 9.94. The van der Waals surface area contributed by atoms with E-state index in [1.807, 2.05) is 27.2 Å². The standard InChI is InChI=1S/C40H79N2O6P/c1-6-8-10-12-14-16-18-20-22-24-26-28-30-32-34-40(44)41-38(37-48-49(45,46)47-36-35-42(3,4)5)39(43)33-31-29-27-25-23-21-19-17-15-13-11-9-7-2/h23,25,31,33,38-39,43H,6-22,24,26-30,32,34-37H2,1-5H3,(H-,41,44,45,46)/b25-23+,33-31+/t38-,39+/m0/s1. The predicted molar refractivity (Wildman–Crippen MR) is 205 cm³/mol. The van der Waals surface area contributed by atoms with E-state index in [1.54, 1.807) is 6.08 Å². The molecule has 1 amide bonds. The van der Waals surface area contributed by atoms with Gasteiger partial charge < -0.3 is 28.8 Å². The summed E-state index contributed by atoms with van der Waals surface area (Å²) in [5.41, 5.74) is 0. The van der Waals surface area contributed by atoms with Gasteiger partial charge in [0.25, 0.3) is 7.82 Å². The second kappa shape index (κ2) is 32.9. The van der Waals surface area contributed by atoms with Crippen molar-refractivity contribution in [1.82, 2.24) is 5.32 Å². The van der Waals surface area contributed by atoms with Crippen molar-refractivity contribution in [2.24, 2.45) is 0 Å². The number of unbranched alkanes of at least 4 members (excludes halogenated alkanes) is 21. The number of carbonyl (C=O) groups excluding carboxylic acids is 1. The molecule has 0 heterocycles. The molecule has 2 N–H and O–H groups in total. The largest absolute Gasteiger partial charge is 0.756 e. The summed E-state index contributed by atoms with van der Waals surface area (Å²) in [6.45, 7) is 4.60. The number of nitrogens with one attached hydrogen (secondary N) is 1. The smallest absolute Gasteiger partial charge is 0.268 e. The molecule has 49 heavy (non-hydrogen) atoms. The van der Waals surface area contributed by atoms with Crippen LogP contribution in [-0.2, 0) is 18.4 Å². The molecule has 0 spiro atoms. The van der Waals surface area contributed by atoms with Gasteiger partial charge in [0.1, 0.15) is 13.2 Å². The van der Waals surface area contributed by atoms with Crippen LogP contribution in [0, 0.1) is 0 Å². The third-order valence-corrected chi connectivity index (χ3v) is 9.88. The third-order valence-electron chi connectivity index (χ3n) is 8.91. The number of allylic oxidation sites excluding steroid dienone is 3. The first-order valence-corrected chi connectivity index (χ1v) is 21.7. The number of hydrogen-bond donors (Lipinski definition) is 2. The minimum atomic E-state index is -4.58. The molecule has 0 saturated heterocycles. The number of aliphatic hydroxyl groups excluding tert-OH is 1. The minimum absolute atomic E-state index is 0.00460. The van der Waals surface area contributed by atoms with Crippen molar-refractivity contribution >= 4 is 13.7 Å². The zero-order chi connectivity index (χ0) is 36.5. The fourth-order valence-electron chi connectivity index (χ4n) is 5.64. The van der Waals surface area contributed by atoms with Crippen molar-refractivity contribution in [3.63, 3.8) is 0 Å². The normalized spacial score (nSPS) is 14.8. The van der Waals surface area contributed by atoms with Gasteiger partial charge >= 0.3 is 0 Å². The average molecular weight is 715 g/mol. The van der Waals surface area contributed by atoms with Crippen LogP contribution in [0.1, 0.15) is 174 Å². The van der Waals surface area contributed by atoms with E-state index < -0.39 is 20.0 Å². The molecule has 0 rings (SSSR count). The van der Waals surface area contributed by atoms with Gasteiger partial charge in [0.05, 0.1) is 39.9 Å². The van der Waals surface area contributed by atoms with Crippen LogP contribution in [-0.4, -0.2) is 68.5 Å². The molecule has 0 aromatic heterocycles. The fourth-order valence-corrected chi connectivity index (χ4v) is 6.36. The number of aliphatic hydroxyl groups is 1. The van der Waals surface area contributed by atoms with Crippen molar-refractivity contribution in [2.45, 2.75) is 187 Å². The van der Waals surface area contributed by atoms with Crippen LogP contribution in [0.4, 0.5) is 0 Å². The Labute approximate surface area is 303 Å². The highest BCUT2D eigenvalue weighted by Crippen LogP contribution is 2.38. The Kier molecular flexibility index (Phi) is 32.2. The molecule has 3 atom stereocenters. The number of carbonyl (C=O) groups is 1. The van der Waals surface area contributed by atoms with E-state index in [0.717, 1.165) is 38.5 Å². The lowest BCUT2D eigenvalue weighted by atomic mass is 10.0. The number of nitrogens with zero attached hydrogens (tertiary/aromatic N) is 1. The Morgan fingerprint density at radius 1 is 0.694 bits per heavy atom. The quantitative estimate of drug-likeness (QED) is 0.0290. The molecule has 0 radical (unpaired) electrons.